The van der Waals surface area contributed by atoms with Gasteiger partial charge in [-0.3, -0.25) is 4.90 Å². The molecule has 0 radical (unpaired) electrons. The summed E-state index contributed by atoms with van der Waals surface area (Å²) in [7, 11) is -3.17. The zero-order chi connectivity index (χ0) is 12.8. The van der Waals surface area contributed by atoms with Gasteiger partial charge in [0.25, 0.3) is 0 Å². The van der Waals surface area contributed by atoms with Gasteiger partial charge in [-0.05, 0) is 12.8 Å². The molecule has 0 amide bonds. The average Bonchev–Trinajstić information content (AvgIpc) is 2.38. The molecule has 2 aliphatic rings. The SMILES string of the molecule is O=S(=O)(CCN1CCNCC1)NC1CCCOC1. The van der Waals surface area contributed by atoms with Crippen molar-refractivity contribution < 1.29 is 13.2 Å². The minimum Gasteiger partial charge on any atom is -0.380 e. The second kappa shape index (κ2) is 6.81. The van der Waals surface area contributed by atoms with Gasteiger partial charge >= 0.3 is 0 Å². The van der Waals surface area contributed by atoms with Crippen LogP contribution >= 0.6 is 0 Å². The Kier molecular flexibility index (Phi) is 5.38. The molecule has 2 aliphatic heterocycles. The number of hydrogen-bond donors (Lipinski definition) is 2. The lowest BCUT2D eigenvalue weighted by atomic mass is 10.1. The number of rotatable bonds is 5. The summed E-state index contributed by atoms with van der Waals surface area (Å²) in [6.07, 6.45) is 1.82. The van der Waals surface area contributed by atoms with Gasteiger partial charge in [-0.2, -0.15) is 0 Å². The smallest absolute Gasteiger partial charge is 0.213 e. The van der Waals surface area contributed by atoms with Crippen LogP contribution in [0.5, 0.6) is 0 Å². The number of nitrogens with zero attached hydrogens (tertiary/aromatic N) is 1. The van der Waals surface area contributed by atoms with E-state index in [1.807, 2.05) is 0 Å². The summed E-state index contributed by atoms with van der Waals surface area (Å²) in [5.74, 6) is 0.184. The van der Waals surface area contributed by atoms with Crippen molar-refractivity contribution in [2.75, 3.05) is 51.7 Å². The predicted octanol–water partition coefficient (Wildman–Crippen LogP) is -1.01. The minimum atomic E-state index is -3.17. The molecule has 18 heavy (non-hydrogen) atoms. The number of piperazine rings is 1. The maximum atomic E-state index is 11.9. The zero-order valence-corrected chi connectivity index (χ0v) is 11.5. The molecular formula is C11H23N3O3S. The third kappa shape index (κ3) is 4.81. The van der Waals surface area contributed by atoms with Crippen molar-refractivity contribution >= 4 is 10.0 Å². The second-order valence-corrected chi connectivity index (χ2v) is 6.82. The maximum absolute atomic E-state index is 11.9. The van der Waals surface area contributed by atoms with E-state index in [-0.39, 0.29) is 11.8 Å². The van der Waals surface area contributed by atoms with Gasteiger partial charge < -0.3 is 10.1 Å². The van der Waals surface area contributed by atoms with E-state index in [1.54, 1.807) is 0 Å². The first-order chi connectivity index (χ1) is 8.66. The van der Waals surface area contributed by atoms with E-state index in [2.05, 4.69) is 14.9 Å². The van der Waals surface area contributed by atoms with Crippen molar-refractivity contribution in [1.82, 2.24) is 14.9 Å². The Morgan fingerprint density at radius 3 is 2.78 bits per heavy atom. The summed E-state index contributed by atoms with van der Waals surface area (Å²) in [5, 5.41) is 3.25. The second-order valence-electron chi connectivity index (χ2n) is 4.94. The summed E-state index contributed by atoms with van der Waals surface area (Å²) in [6.45, 7) is 5.63. The van der Waals surface area contributed by atoms with Crippen LogP contribution in [-0.2, 0) is 14.8 Å². The standard InChI is InChI=1S/C11H23N3O3S/c15-18(16,13-11-2-1-8-17-10-11)9-7-14-5-3-12-4-6-14/h11-13H,1-10H2. The lowest BCUT2D eigenvalue weighted by Gasteiger charge is -2.28. The normalized spacial score (nSPS) is 27.2. The summed E-state index contributed by atoms with van der Waals surface area (Å²) < 4.78 is 31.9. The van der Waals surface area contributed by atoms with Crippen LogP contribution in [0, 0.1) is 0 Å². The largest absolute Gasteiger partial charge is 0.380 e. The fraction of sp³-hybridized carbons (Fsp3) is 1.00. The van der Waals surface area contributed by atoms with E-state index in [9.17, 15) is 8.42 Å². The summed E-state index contributed by atoms with van der Waals surface area (Å²) in [4.78, 5) is 2.19. The molecule has 2 rings (SSSR count). The molecule has 2 fully saturated rings. The van der Waals surface area contributed by atoms with Crippen molar-refractivity contribution in [2.45, 2.75) is 18.9 Å². The van der Waals surface area contributed by atoms with Gasteiger partial charge in [-0.1, -0.05) is 0 Å². The average molecular weight is 277 g/mol. The monoisotopic (exact) mass is 277 g/mol. The highest BCUT2D eigenvalue weighted by atomic mass is 32.2. The van der Waals surface area contributed by atoms with E-state index in [4.69, 9.17) is 4.74 Å². The van der Waals surface area contributed by atoms with Crippen LogP contribution in [0.3, 0.4) is 0 Å². The van der Waals surface area contributed by atoms with Crippen LogP contribution in [0.1, 0.15) is 12.8 Å². The highest BCUT2D eigenvalue weighted by molar-refractivity contribution is 7.89. The molecule has 0 saturated carbocycles. The molecule has 0 aliphatic carbocycles. The Morgan fingerprint density at radius 2 is 2.11 bits per heavy atom. The fourth-order valence-corrected chi connectivity index (χ4v) is 3.64. The molecule has 106 valence electrons. The molecule has 2 N–H and O–H groups in total. The molecular weight excluding hydrogens is 254 g/mol. The Bertz CT molecular complexity index is 335. The van der Waals surface area contributed by atoms with Crippen LogP contribution in [0.2, 0.25) is 0 Å². The van der Waals surface area contributed by atoms with Gasteiger partial charge in [-0.25, -0.2) is 13.1 Å². The molecule has 1 atom stereocenters. The molecule has 0 spiro atoms. The summed E-state index contributed by atoms with van der Waals surface area (Å²) in [5.41, 5.74) is 0. The number of nitrogens with one attached hydrogen (secondary N) is 2. The Hall–Kier alpha value is -0.210. The van der Waals surface area contributed by atoms with Gasteiger partial charge in [-0.15, -0.1) is 0 Å². The van der Waals surface area contributed by atoms with E-state index in [0.717, 1.165) is 45.6 Å². The molecule has 0 aromatic carbocycles. The van der Waals surface area contributed by atoms with E-state index in [1.165, 1.54) is 0 Å². The minimum absolute atomic E-state index is 0.0354. The van der Waals surface area contributed by atoms with Crippen molar-refractivity contribution in [3.8, 4) is 0 Å². The molecule has 0 aromatic heterocycles. The van der Waals surface area contributed by atoms with Crippen LogP contribution < -0.4 is 10.0 Å². The predicted molar refractivity (Wildman–Crippen MR) is 70.1 cm³/mol. The highest BCUT2D eigenvalue weighted by Crippen LogP contribution is 2.07. The first-order valence-corrected chi connectivity index (χ1v) is 8.32. The van der Waals surface area contributed by atoms with E-state index in [0.29, 0.717) is 13.2 Å². The van der Waals surface area contributed by atoms with Crippen molar-refractivity contribution in [3.63, 3.8) is 0 Å². The molecule has 1 unspecified atom stereocenters. The van der Waals surface area contributed by atoms with Crippen LogP contribution in [0.4, 0.5) is 0 Å². The first-order valence-electron chi connectivity index (χ1n) is 6.66. The summed E-state index contributed by atoms with van der Waals surface area (Å²) in [6, 6.07) is -0.0354. The van der Waals surface area contributed by atoms with Gasteiger partial charge in [0.05, 0.1) is 12.4 Å². The summed E-state index contributed by atoms with van der Waals surface area (Å²) >= 11 is 0. The molecule has 6 nitrogen and oxygen atoms in total. The van der Waals surface area contributed by atoms with Crippen LogP contribution in [0.25, 0.3) is 0 Å². The third-order valence-corrected chi connectivity index (χ3v) is 4.80. The van der Waals surface area contributed by atoms with Gasteiger partial charge in [0, 0.05) is 45.4 Å². The lowest BCUT2D eigenvalue weighted by Crippen LogP contribution is -2.47. The lowest BCUT2D eigenvalue weighted by molar-refractivity contribution is 0.0774. The molecule has 2 heterocycles. The van der Waals surface area contributed by atoms with Gasteiger partial charge in [0.2, 0.25) is 10.0 Å². The van der Waals surface area contributed by atoms with Gasteiger partial charge in [0.1, 0.15) is 0 Å². The number of ether oxygens (including phenoxy) is 1. The third-order valence-electron chi connectivity index (χ3n) is 3.39. The van der Waals surface area contributed by atoms with Crippen molar-refractivity contribution in [1.29, 1.82) is 0 Å². The molecule has 2 saturated heterocycles. The Labute approximate surface area is 109 Å². The van der Waals surface area contributed by atoms with Crippen LogP contribution in [-0.4, -0.2) is 71.0 Å². The zero-order valence-electron chi connectivity index (χ0n) is 10.7. The van der Waals surface area contributed by atoms with Crippen LogP contribution in [0.15, 0.2) is 0 Å². The molecule has 0 bridgehead atoms. The Morgan fingerprint density at radius 1 is 1.33 bits per heavy atom. The maximum Gasteiger partial charge on any atom is 0.213 e. The Balaban J connectivity index is 1.72. The van der Waals surface area contributed by atoms with E-state index < -0.39 is 10.0 Å². The molecule has 7 heteroatoms. The first kappa shape index (κ1) is 14.2. The van der Waals surface area contributed by atoms with Crippen molar-refractivity contribution in [3.05, 3.63) is 0 Å². The number of sulfonamides is 1. The van der Waals surface area contributed by atoms with Gasteiger partial charge in [0.15, 0.2) is 0 Å². The van der Waals surface area contributed by atoms with E-state index >= 15 is 0 Å². The quantitative estimate of drug-likeness (QED) is 0.674. The van der Waals surface area contributed by atoms with Crippen molar-refractivity contribution in [2.24, 2.45) is 0 Å². The topological polar surface area (TPSA) is 70.7 Å². The molecule has 0 aromatic rings. The highest BCUT2D eigenvalue weighted by Gasteiger charge is 2.21. The fourth-order valence-electron chi connectivity index (χ4n) is 2.33. The number of hydrogen-bond acceptors (Lipinski definition) is 5.